The van der Waals surface area contributed by atoms with Crippen LogP contribution in [-0.4, -0.2) is 29.1 Å². The van der Waals surface area contributed by atoms with E-state index in [-0.39, 0.29) is 6.03 Å². The quantitative estimate of drug-likeness (QED) is 0.855. The molecule has 5 nitrogen and oxygen atoms in total. The van der Waals surface area contributed by atoms with E-state index in [0.29, 0.717) is 6.04 Å². The van der Waals surface area contributed by atoms with E-state index >= 15 is 0 Å². The van der Waals surface area contributed by atoms with Crippen molar-refractivity contribution in [1.29, 1.82) is 0 Å². The summed E-state index contributed by atoms with van der Waals surface area (Å²) in [7, 11) is 1.83. The maximum absolute atomic E-state index is 12.5. The molecule has 0 spiro atoms. The van der Waals surface area contributed by atoms with Crippen molar-refractivity contribution in [1.82, 2.24) is 15.3 Å². The Morgan fingerprint density at radius 1 is 1.33 bits per heavy atom. The lowest BCUT2D eigenvalue weighted by molar-refractivity contribution is 0.239. The predicted octanol–water partition coefficient (Wildman–Crippen LogP) is 4.38. The van der Waals surface area contributed by atoms with E-state index in [1.807, 2.05) is 25.2 Å². The van der Waals surface area contributed by atoms with E-state index in [1.165, 1.54) is 19.3 Å². The first kappa shape index (κ1) is 16.8. The standard InChI is InChI=1S/C19H28N4O/c1-3-4-10-18-21-16-12-11-15(13-17(16)22-18)23(2)19(24)20-14-8-6-5-7-9-14/h11-14H,3-10H2,1-2H3,(H,20,24)(H,21,22). The zero-order chi connectivity index (χ0) is 16.9. The minimum Gasteiger partial charge on any atom is -0.342 e. The summed E-state index contributed by atoms with van der Waals surface area (Å²) < 4.78 is 0. The van der Waals surface area contributed by atoms with Crippen LogP contribution in [0.3, 0.4) is 0 Å². The number of aromatic amines is 1. The fourth-order valence-corrected chi connectivity index (χ4v) is 3.36. The van der Waals surface area contributed by atoms with Crippen LogP contribution in [0.15, 0.2) is 18.2 Å². The average molecular weight is 328 g/mol. The van der Waals surface area contributed by atoms with Crippen molar-refractivity contribution in [3.05, 3.63) is 24.0 Å². The van der Waals surface area contributed by atoms with E-state index < -0.39 is 0 Å². The maximum Gasteiger partial charge on any atom is 0.321 e. The molecule has 0 atom stereocenters. The number of carbonyl (C=O) groups excluding carboxylic acids is 1. The topological polar surface area (TPSA) is 61.0 Å². The van der Waals surface area contributed by atoms with Crippen molar-refractivity contribution in [2.24, 2.45) is 0 Å². The minimum absolute atomic E-state index is 0.0213. The van der Waals surface area contributed by atoms with Gasteiger partial charge in [-0.3, -0.25) is 4.90 Å². The summed E-state index contributed by atoms with van der Waals surface area (Å²) in [6.45, 7) is 2.18. The molecule has 2 N–H and O–H groups in total. The number of imidazole rings is 1. The number of hydrogen-bond donors (Lipinski definition) is 2. The molecule has 130 valence electrons. The number of hydrogen-bond acceptors (Lipinski definition) is 2. The Labute approximate surface area is 143 Å². The van der Waals surface area contributed by atoms with Gasteiger partial charge < -0.3 is 10.3 Å². The average Bonchev–Trinajstić information content (AvgIpc) is 3.02. The van der Waals surface area contributed by atoms with E-state index in [9.17, 15) is 4.79 Å². The molecule has 5 heteroatoms. The first-order chi connectivity index (χ1) is 11.7. The molecule has 0 bridgehead atoms. The molecule has 3 rings (SSSR count). The van der Waals surface area contributed by atoms with Crippen LogP contribution in [0, 0.1) is 0 Å². The number of aromatic nitrogens is 2. The highest BCUT2D eigenvalue weighted by Gasteiger charge is 2.19. The van der Waals surface area contributed by atoms with Gasteiger partial charge in [0.05, 0.1) is 11.0 Å². The van der Waals surface area contributed by atoms with Crippen molar-refractivity contribution in [3.8, 4) is 0 Å². The Kier molecular flexibility index (Phi) is 5.38. The van der Waals surface area contributed by atoms with Crippen molar-refractivity contribution in [2.45, 2.75) is 64.3 Å². The number of urea groups is 1. The number of nitrogens with zero attached hydrogens (tertiary/aromatic N) is 2. The predicted molar refractivity (Wildman–Crippen MR) is 98.5 cm³/mol. The number of aryl methyl sites for hydroxylation is 1. The van der Waals surface area contributed by atoms with E-state index in [0.717, 1.165) is 54.6 Å². The van der Waals surface area contributed by atoms with Crippen molar-refractivity contribution in [3.63, 3.8) is 0 Å². The second-order valence-corrected chi connectivity index (χ2v) is 6.83. The van der Waals surface area contributed by atoms with Crippen molar-refractivity contribution >= 4 is 22.8 Å². The Morgan fingerprint density at radius 3 is 2.88 bits per heavy atom. The van der Waals surface area contributed by atoms with Gasteiger partial charge in [-0.15, -0.1) is 0 Å². The molecule has 0 saturated heterocycles. The van der Waals surface area contributed by atoms with Gasteiger partial charge in [0.15, 0.2) is 0 Å². The van der Waals surface area contributed by atoms with Crippen LogP contribution in [0.1, 0.15) is 57.7 Å². The number of benzene rings is 1. The molecule has 1 aliphatic carbocycles. The number of H-pyrrole nitrogens is 1. The van der Waals surface area contributed by atoms with Crippen LogP contribution in [-0.2, 0) is 6.42 Å². The number of rotatable bonds is 5. The number of fused-ring (bicyclic) bond motifs is 1. The minimum atomic E-state index is -0.0213. The van der Waals surface area contributed by atoms with Gasteiger partial charge in [-0.25, -0.2) is 9.78 Å². The first-order valence-electron chi connectivity index (χ1n) is 9.20. The lowest BCUT2D eigenvalue weighted by Crippen LogP contribution is -2.43. The van der Waals surface area contributed by atoms with Gasteiger partial charge in [-0.05, 0) is 37.5 Å². The van der Waals surface area contributed by atoms with Crippen LogP contribution >= 0.6 is 0 Å². The number of nitrogens with one attached hydrogen (secondary N) is 2. The highest BCUT2D eigenvalue weighted by Crippen LogP contribution is 2.22. The van der Waals surface area contributed by atoms with Crippen molar-refractivity contribution in [2.75, 3.05) is 11.9 Å². The van der Waals surface area contributed by atoms with Gasteiger partial charge in [0.1, 0.15) is 5.82 Å². The zero-order valence-corrected chi connectivity index (χ0v) is 14.8. The van der Waals surface area contributed by atoms with Crippen LogP contribution in [0.2, 0.25) is 0 Å². The molecule has 2 amide bonds. The van der Waals surface area contributed by atoms with Gasteiger partial charge in [0.2, 0.25) is 0 Å². The number of anilines is 1. The molecule has 1 saturated carbocycles. The lowest BCUT2D eigenvalue weighted by atomic mass is 9.96. The molecular formula is C19H28N4O. The normalized spacial score (nSPS) is 15.6. The van der Waals surface area contributed by atoms with Crippen LogP contribution in [0.5, 0.6) is 0 Å². The molecule has 2 aromatic rings. The van der Waals surface area contributed by atoms with Gasteiger partial charge in [0.25, 0.3) is 0 Å². The van der Waals surface area contributed by atoms with Gasteiger partial charge in [0, 0.05) is 25.2 Å². The fourth-order valence-electron chi connectivity index (χ4n) is 3.36. The van der Waals surface area contributed by atoms with Gasteiger partial charge >= 0.3 is 6.03 Å². The fraction of sp³-hybridized carbons (Fsp3) is 0.579. The van der Waals surface area contributed by atoms with Gasteiger partial charge in [-0.1, -0.05) is 32.6 Å². The molecule has 0 aliphatic heterocycles. The zero-order valence-electron chi connectivity index (χ0n) is 14.8. The number of carbonyl (C=O) groups is 1. The first-order valence-corrected chi connectivity index (χ1v) is 9.20. The highest BCUT2D eigenvalue weighted by molar-refractivity contribution is 5.93. The highest BCUT2D eigenvalue weighted by atomic mass is 16.2. The molecule has 0 unspecified atom stereocenters. The molecular weight excluding hydrogens is 300 g/mol. The Bertz CT molecular complexity index is 688. The molecule has 1 aromatic heterocycles. The third kappa shape index (κ3) is 3.89. The Balaban J connectivity index is 1.69. The summed E-state index contributed by atoms with van der Waals surface area (Å²) in [5.74, 6) is 1.03. The second kappa shape index (κ2) is 7.69. The van der Waals surface area contributed by atoms with Crippen molar-refractivity contribution < 1.29 is 4.79 Å². The molecule has 1 aliphatic rings. The lowest BCUT2D eigenvalue weighted by Gasteiger charge is -2.26. The number of unbranched alkanes of at least 4 members (excludes halogenated alkanes) is 1. The third-order valence-electron chi connectivity index (χ3n) is 4.91. The molecule has 1 heterocycles. The molecule has 1 fully saturated rings. The summed E-state index contributed by atoms with van der Waals surface area (Å²) >= 11 is 0. The van der Waals surface area contributed by atoms with E-state index in [4.69, 9.17) is 0 Å². The summed E-state index contributed by atoms with van der Waals surface area (Å²) in [6, 6.07) is 6.27. The number of amides is 2. The summed E-state index contributed by atoms with van der Waals surface area (Å²) in [5, 5.41) is 3.16. The summed E-state index contributed by atoms with van der Waals surface area (Å²) in [6.07, 6.45) is 9.19. The Hall–Kier alpha value is -2.04. The monoisotopic (exact) mass is 328 g/mol. The van der Waals surface area contributed by atoms with Crippen LogP contribution < -0.4 is 10.2 Å². The third-order valence-corrected chi connectivity index (χ3v) is 4.91. The SMILES string of the molecule is CCCCc1nc2ccc(N(C)C(=O)NC3CCCCC3)cc2[nH]1. The molecule has 1 aromatic carbocycles. The molecule has 24 heavy (non-hydrogen) atoms. The van der Waals surface area contributed by atoms with Crippen LogP contribution in [0.4, 0.5) is 10.5 Å². The van der Waals surface area contributed by atoms with Crippen LogP contribution in [0.25, 0.3) is 11.0 Å². The molecule has 0 radical (unpaired) electrons. The summed E-state index contributed by atoms with van der Waals surface area (Å²) in [4.78, 5) is 22.2. The van der Waals surface area contributed by atoms with E-state index in [1.54, 1.807) is 4.90 Å². The largest absolute Gasteiger partial charge is 0.342 e. The van der Waals surface area contributed by atoms with Gasteiger partial charge in [-0.2, -0.15) is 0 Å². The van der Waals surface area contributed by atoms with E-state index in [2.05, 4.69) is 22.2 Å². The maximum atomic E-state index is 12.5. The smallest absolute Gasteiger partial charge is 0.321 e. The second-order valence-electron chi connectivity index (χ2n) is 6.83. The Morgan fingerprint density at radius 2 is 2.12 bits per heavy atom. The summed E-state index contributed by atoms with van der Waals surface area (Å²) in [5.41, 5.74) is 2.85.